The van der Waals surface area contributed by atoms with Gasteiger partial charge in [0.25, 0.3) is 0 Å². The number of carboxylic acids is 1. The van der Waals surface area contributed by atoms with Crippen molar-refractivity contribution in [3.05, 3.63) is 18.0 Å². The van der Waals surface area contributed by atoms with E-state index in [1.165, 1.54) is 23.9 Å². The summed E-state index contributed by atoms with van der Waals surface area (Å²) in [4.78, 5) is 10.4. The maximum absolute atomic E-state index is 10.4. The minimum Gasteiger partial charge on any atom is -0.480 e. The fraction of sp³-hybridized carbons (Fsp3) is 0.556. The van der Waals surface area contributed by atoms with Gasteiger partial charge in [-0.25, -0.2) is 0 Å². The lowest BCUT2D eigenvalue weighted by Gasteiger charge is -2.22. The molecular formula is C9H12N2O2. The number of rotatable bonds is 3. The molecule has 0 unspecified atom stereocenters. The summed E-state index contributed by atoms with van der Waals surface area (Å²) in [6.45, 7) is -0.0350. The molecule has 13 heavy (non-hydrogen) atoms. The highest BCUT2D eigenvalue weighted by molar-refractivity contribution is 5.66. The van der Waals surface area contributed by atoms with Crippen molar-refractivity contribution in [2.24, 2.45) is 0 Å². The van der Waals surface area contributed by atoms with Crippen LogP contribution in [0.3, 0.4) is 0 Å². The number of aliphatic carboxylic acids is 1. The van der Waals surface area contributed by atoms with Crippen LogP contribution >= 0.6 is 0 Å². The van der Waals surface area contributed by atoms with Gasteiger partial charge in [0.2, 0.25) is 0 Å². The van der Waals surface area contributed by atoms with Gasteiger partial charge in [-0.05, 0) is 18.9 Å². The van der Waals surface area contributed by atoms with Crippen LogP contribution < -0.4 is 0 Å². The molecule has 1 aromatic rings. The van der Waals surface area contributed by atoms with Gasteiger partial charge in [-0.1, -0.05) is 6.42 Å². The Kier molecular flexibility index (Phi) is 2.04. The van der Waals surface area contributed by atoms with Gasteiger partial charge < -0.3 is 5.11 Å². The van der Waals surface area contributed by atoms with Gasteiger partial charge in [0.15, 0.2) is 0 Å². The predicted octanol–water partition coefficient (Wildman–Crippen LogP) is 1.24. The van der Waals surface area contributed by atoms with Crippen molar-refractivity contribution < 1.29 is 9.90 Å². The summed E-state index contributed by atoms with van der Waals surface area (Å²) in [6, 6.07) is 1.92. The second-order valence-corrected chi connectivity index (χ2v) is 3.46. The third-order valence-electron chi connectivity index (χ3n) is 2.48. The first kappa shape index (κ1) is 8.29. The minimum absolute atomic E-state index is 0.0350. The summed E-state index contributed by atoms with van der Waals surface area (Å²) in [5.41, 5.74) is 1.05. The Labute approximate surface area is 76.2 Å². The molecule has 0 atom stereocenters. The summed E-state index contributed by atoms with van der Waals surface area (Å²) < 4.78 is 1.48. The van der Waals surface area contributed by atoms with Gasteiger partial charge in [0.1, 0.15) is 6.54 Å². The van der Waals surface area contributed by atoms with Crippen molar-refractivity contribution in [1.29, 1.82) is 0 Å². The normalized spacial score (nSPS) is 16.9. The Morgan fingerprint density at radius 1 is 1.69 bits per heavy atom. The van der Waals surface area contributed by atoms with Gasteiger partial charge in [-0.2, -0.15) is 5.10 Å². The maximum Gasteiger partial charge on any atom is 0.325 e. The van der Waals surface area contributed by atoms with E-state index in [0.717, 1.165) is 5.69 Å². The van der Waals surface area contributed by atoms with Crippen LogP contribution in [0.5, 0.6) is 0 Å². The molecule has 0 spiro atoms. The summed E-state index contributed by atoms with van der Waals surface area (Å²) >= 11 is 0. The number of carboxylic acid groups (broad SMARTS) is 1. The molecule has 0 bridgehead atoms. The third-order valence-corrected chi connectivity index (χ3v) is 2.48. The minimum atomic E-state index is -0.844. The van der Waals surface area contributed by atoms with Crippen LogP contribution in [0.1, 0.15) is 30.9 Å². The highest BCUT2D eigenvalue weighted by Gasteiger charge is 2.21. The average molecular weight is 180 g/mol. The zero-order valence-corrected chi connectivity index (χ0v) is 7.31. The summed E-state index contributed by atoms with van der Waals surface area (Å²) in [5.74, 6) is -0.265. The summed E-state index contributed by atoms with van der Waals surface area (Å²) in [7, 11) is 0. The predicted molar refractivity (Wildman–Crippen MR) is 46.5 cm³/mol. The fourth-order valence-electron chi connectivity index (χ4n) is 1.53. The lowest BCUT2D eigenvalue weighted by molar-refractivity contribution is -0.137. The molecule has 70 valence electrons. The molecule has 1 aliphatic carbocycles. The van der Waals surface area contributed by atoms with Crippen LogP contribution in [0.4, 0.5) is 0 Å². The Balaban J connectivity index is 2.04. The van der Waals surface area contributed by atoms with E-state index in [1.54, 1.807) is 6.20 Å². The van der Waals surface area contributed by atoms with Crippen LogP contribution in [0.2, 0.25) is 0 Å². The van der Waals surface area contributed by atoms with Gasteiger partial charge in [0.05, 0.1) is 5.69 Å². The summed E-state index contributed by atoms with van der Waals surface area (Å²) in [6.07, 6.45) is 5.41. The molecular weight excluding hydrogens is 168 g/mol. The van der Waals surface area contributed by atoms with E-state index in [4.69, 9.17) is 5.11 Å². The van der Waals surface area contributed by atoms with Gasteiger partial charge in [-0.3, -0.25) is 9.48 Å². The smallest absolute Gasteiger partial charge is 0.325 e. The zero-order valence-electron chi connectivity index (χ0n) is 7.31. The van der Waals surface area contributed by atoms with Gasteiger partial charge >= 0.3 is 5.97 Å². The van der Waals surface area contributed by atoms with E-state index in [9.17, 15) is 4.79 Å². The number of nitrogens with zero attached hydrogens (tertiary/aromatic N) is 2. The van der Waals surface area contributed by atoms with E-state index in [0.29, 0.717) is 5.92 Å². The van der Waals surface area contributed by atoms with E-state index in [-0.39, 0.29) is 6.54 Å². The molecule has 0 saturated heterocycles. The first-order chi connectivity index (χ1) is 6.25. The molecule has 1 fully saturated rings. The van der Waals surface area contributed by atoms with E-state index in [2.05, 4.69) is 5.10 Å². The first-order valence-electron chi connectivity index (χ1n) is 4.51. The summed E-state index contributed by atoms with van der Waals surface area (Å²) in [5, 5.41) is 12.7. The van der Waals surface area contributed by atoms with Crippen molar-refractivity contribution in [3.63, 3.8) is 0 Å². The Hall–Kier alpha value is -1.32. The van der Waals surface area contributed by atoms with Crippen molar-refractivity contribution in [1.82, 2.24) is 9.78 Å². The zero-order chi connectivity index (χ0) is 9.26. The molecule has 1 aromatic heterocycles. The Bertz CT molecular complexity index is 315. The second-order valence-electron chi connectivity index (χ2n) is 3.46. The van der Waals surface area contributed by atoms with Gasteiger partial charge in [-0.15, -0.1) is 0 Å². The second kappa shape index (κ2) is 3.20. The van der Waals surface area contributed by atoms with Crippen molar-refractivity contribution in [2.45, 2.75) is 31.7 Å². The topological polar surface area (TPSA) is 55.1 Å². The molecule has 1 aliphatic rings. The fourth-order valence-corrected chi connectivity index (χ4v) is 1.53. The van der Waals surface area contributed by atoms with Crippen molar-refractivity contribution in [3.8, 4) is 0 Å². The Morgan fingerprint density at radius 3 is 3.00 bits per heavy atom. The maximum atomic E-state index is 10.4. The average Bonchev–Trinajstić information content (AvgIpc) is 2.31. The lowest BCUT2D eigenvalue weighted by atomic mass is 9.83. The number of hydrogen-bond donors (Lipinski definition) is 1. The van der Waals surface area contributed by atoms with Gasteiger partial charge in [0, 0.05) is 12.1 Å². The van der Waals surface area contributed by atoms with E-state index in [1.807, 2.05) is 6.07 Å². The quantitative estimate of drug-likeness (QED) is 0.761. The molecule has 4 nitrogen and oxygen atoms in total. The molecule has 0 amide bonds. The molecule has 1 heterocycles. The van der Waals surface area contributed by atoms with Crippen LogP contribution in [-0.4, -0.2) is 20.9 Å². The molecule has 4 heteroatoms. The molecule has 1 N–H and O–H groups in total. The highest BCUT2D eigenvalue weighted by Crippen LogP contribution is 2.34. The highest BCUT2D eigenvalue weighted by atomic mass is 16.4. The van der Waals surface area contributed by atoms with Crippen LogP contribution in [0, 0.1) is 0 Å². The largest absolute Gasteiger partial charge is 0.480 e. The van der Waals surface area contributed by atoms with E-state index < -0.39 is 5.97 Å². The lowest BCUT2D eigenvalue weighted by Crippen LogP contribution is -2.12. The molecule has 0 radical (unpaired) electrons. The van der Waals surface area contributed by atoms with Crippen molar-refractivity contribution >= 4 is 5.97 Å². The molecule has 1 saturated carbocycles. The molecule has 0 aliphatic heterocycles. The third kappa shape index (κ3) is 1.71. The van der Waals surface area contributed by atoms with Crippen LogP contribution in [0.15, 0.2) is 12.3 Å². The SMILES string of the molecule is O=C(O)Cn1ccc(C2CCC2)n1. The van der Waals surface area contributed by atoms with Crippen LogP contribution in [0.25, 0.3) is 0 Å². The van der Waals surface area contributed by atoms with Crippen LogP contribution in [-0.2, 0) is 11.3 Å². The molecule has 2 rings (SSSR count). The number of carbonyl (C=O) groups is 1. The monoisotopic (exact) mass is 180 g/mol. The van der Waals surface area contributed by atoms with Crippen molar-refractivity contribution in [2.75, 3.05) is 0 Å². The Morgan fingerprint density at radius 2 is 2.46 bits per heavy atom. The number of aromatic nitrogens is 2. The standard InChI is InChI=1S/C9H12N2O2/c12-9(13)6-11-5-4-8(10-11)7-2-1-3-7/h4-5,7H,1-3,6H2,(H,12,13). The number of hydrogen-bond acceptors (Lipinski definition) is 2. The molecule has 0 aromatic carbocycles. The first-order valence-corrected chi connectivity index (χ1v) is 4.51. The van der Waals surface area contributed by atoms with E-state index >= 15 is 0 Å².